The van der Waals surface area contributed by atoms with E-state index in [0.717, 1.165) is 35.5 Å². The predicted molar refractivity (Wildman–Crippen MR) is 125 cm³/mol. The number of nitrogens with one attached hydrogen (secondary N) is 2. The monoisotopic (exact) mass is 433 g/mol. The summed E-state index contributed by atoms with van der Waals surface area (Å²) in [5, 5.41) is 6.53. The maximum Gasteiger partial charge on any atom is 0.238 e. The lowest BCUT2D eigenvalue weighted by molar-refractivity contribution is -0.122. The van der Waals surface area contributed by atoms with Gasteiger partial charge in [-0.1, -0.05) is 48.5 Å². The van der Waals surface area contributed by atoms with Crippen LogP contribution in [0.2, 0.25) is 0 Å². The summed E-state index contributed by atoms with van der Waals surface area (Å²) in [5.41, 5.74) is 3.49. The summed E-state index contributed by atoms with van der Waals surface area (Å²) >= 11 is 1.73. The first-order valence-corrected chi connectivity index (χ1v) is 11.6. The number of carbonyl (C=O) groups excluding carboxylic acids is 1. The largest absolute Gasteiger partial charge is 0.494 e. The van der Waals surface area contributed by atoms with Crippen LogP contribution in [0.25, 0.3) is 0 Å². The zero-order valence-corrected chi connectivity index (χ0v) is 18.2. The van der Waals surface area contributed by atoms with Gasteiger partial charge in [-0.05, 0) is 47.7 Å². The van der Waals surface area contributed by atoms with Crippen molar-refractivity contribution in [2.75, 3.05) is 12.4 Å². The Morgan fingerprint density at radius 3 is 2.68 bits per heavy atom. The highest BCUT2D eigenvalue weighted by Gasteiger charge is 2.30. The first kappa shape index (κ1) is 21.4. The average Bonchev–Trinajstić information content (AvgIpc) is 3.33. The molecule has 1 aromatic heterocycles. The molecular weight excluding hydrogens is 406 g/mol. The Hall–Kier alpha value is -2.83. The summed E-state index contributed by atoms with van der Waals surface area (Å²) in [6.07, 6.45) is 5.60. The molecular formula is C25H27N3O2S. The van der Waals surface area contributed by atoms with Gasteiger partial charge in [-0.3, -0.25) is 15.1 Å². The predicted octanol–water partition coefficient (Wildman–Crippen LogP) is 4.11. The minimum atomic E-state index is -0.192. The molecule has 0 saturated carbocycles. The average molecular weight is 434 g/mol. The van der Waals surface area contributed by atoms with Crippen LogP contribution in [0, 0.1) is 0 Å². The molecule has 4 rings (SSSR count). The minimum Gasteiger partial charge on any atom is -0.494 e. The van der Waals surface area contributed by atoms with Gasteiger partial charge in [-0.15, -0.1) is 11.8 Å². The Morgan fingerprint density at radius 1 is 1.06 bits per heavy atom. The Labute approximate surface area is 187 Å². The van der Waals surface area contributed by atoms with E-state index in [2.05, 4.69) is 39.9 Å². The highest BCUT2D eigenvalue weighted by atomic mass is 32.2. The standard InChI is InChI=1S/C25H27N3O2S/c29-24(23-18-31-25(28-23)21-9-4-14-26-17-21)27-16-20-10-12-22(13-11-20)30-15-5-8-19-6-2-1-3-7-19/h1-4,6-7,9-14,17,23,25,28H,5,8,15-16,18H2,(H,27,29). The van der Waals surface area contributed by atoms with Crippen LogP contribution in [0.4, 0.5) is 0 Å². The molecule has 0 radical (unpaired) electrons. The van der Waals surface area contributed by atoms with Crippen molar-refractivity contribution in [3.05, 3.63) is 95.8 Å². The van der Waals surface area contributed by atoms with E-state index < -0.39 is 0 Å². The van der Waals surface area contributed by atoms with E-state index in [1.807, 2.05) is 48.7 Å². The quantitative estimate of drug-likeness (QED) is 0.497. The van der Waals surface area contributed by atoms with Crippen LogP contribution in [-0.4, -0.2) is 29.3 Å². The SMILES string of the molecule is O=C(NCc1ccc(OCCCc2ccccc2)cc1)C1CSC(c2cccnc2)N1. The molecule has 6 heteroatoms. The Bertz CT molecular complexity index is 952. The molecule has 1 saturated heterocycles. The fraction of sp³-hybridized carbons (Fsp3) is 0.280. The summed E-state index contributed by atoms with van der Waals surface area (Å²) < 4.78 is 5.84. The van der Waals surface area contributed by atoms with Crippen molar-refractivity contribution in [2.45, 2.75) is 30.8 Å². The van der Waals surface area contributed by atoms with Crippen molar-refractivity contribution < 1.29 is 9.53 Å². The third-order valence-corrected chi connectivity index (χ3v) is 6.46. The second kappa shape index (κ2) is 11.0. The fourth-order valence-corrected chi connectivity index (χ4v) is 4.70. The van der Waals surface area contributed by atoms with Crippen molar-refractivity contribution in [1.82, 2.24) is 15.6 Å². The molecule has 3 aromatic rings. The summed E-state index contributed by atoms with van der Waals surface area (Å²) in [4.78, 5) is 16.7. The summed E-state index contributed by atoms with van der Waals surface area (Å²) in [6.45, 7) is 1.20. The van der Waals surface area contributed by atoms with Crippen molar-refractivity contribution in [3.8, 4) is 5.75 Å². The van der Waals surface area contributed by atoms with Gasteiger partial charge in [-0.25, -0.2) is 0 Å². The third-order valence-electron chi connectivity index (χ3n) is 5.20. The number of aryl methyl sites for hydroxylation is 1. The molecule has 1 fully saturated rings. The topological polar surface area (TPSA) is 63.2 Å². The summed E-state index contributed by atoms with van der Waals surface area (Å²) in [6, 6.07) is 22.1. The van der Waals surface area contributed by atoms with Gasteiger partial charge in [0.1, 0.15) is 5.75 Å². The number of carbonyl (C=O) groups is 1. The van der Waals surface area contributed by atoms with E-state index in [1.54, 1.807) is 18.0 Å². The summed E-state index contributed by atoms with van der Waals surface area (Å²) in [7, 11) is 0. The molecule has 1 aliphatic heterocycles. The lowest BCUT2D eigenvalue weighted by Crippen LogP contribution is -2.42. The number of amides is 1. The van der Waals surface area contributed by atoms with Crippen molar-refractivity contribution >= 4 is 17.7 Å². The first-order valence-electron chi connectivity index (χ1n) is 10.6. The molecule has 2 N–H and O–H groups in total. The summed E-state index contributed by atoms with van der Waals surface area (Å²) in [5.74, 6) is 1.64. The molecule has 2 heterocycles. The molecule has 2 unspecified atom stereocenters. The number of thioether (sulfide) groups is 1. The molecule has 1 amide bonds. The van der Waals surface area contributed by atoms with Gasteiger partial charge in [0, 0.05) is 24.7 Å². The van der Waals surface area contributed by atoms with E-state index in [1.165, 1.54) is 5.56 Å². The lowest BCUT2D eigenvalue weighted by Gasteiger charge is -2.14. The van der Waals surface area contributed by atoms with E-state index in [0.29, 0.717) is 13.2 Å². The smallest absolute Gasteiger partial charge is 0.238 e. The maximum atomic E-state index is 12.5. The molecule has 31 heavy (non-hydrogen) atoms. The minimum absolute atomic E-state index is 0.0279. The van der Waals surface area contributed by atoms with Gasteiger partial charge >= 0.3 is 0 Å². The van der Waals surface area contributed by atoms with E-state index in [9.17, 15) is 4.79 Å². The van der Waals surface area contributed by atoms with Gasteiger partial charge in [0.25, 0.3) is 0 Å². The lowest BCUT2D eigenvalue weighted by atomic mass is 10.1. The number of ether oxygens (including phenoxy) is 1. The van der Waals surface area contributed by atoms with Crippen molar-refractivity contribution in [1.29, 1.82) is 0 Å². The second-order valence-electron chi connectivity index (χ2n) is 7.52. The number of hydrogen-bond acceptors (Lipinski definition) is 5. The molecule has 0 spiro atoms. The van der Waals surface area contributed by atoms with E-state index >= 15 is 0 Å². The maximum absolute atomic E-state index is 12.5. The molecule has 0 bridgehead atoms. The zero-order valence-electron chi connectivity index (χ0n) is 17.4. The first-order chi connectivity index (χ1) is 15.3. The highest BCUT2D eigenvalue weighted by molar-refractivity contribution is 7.99. The molecule has 1 aliphatic rings. The van der Waals surface area contributed by atoms with Crippen LogP contribution in [0.15, 0.2) is 79.1 Å². The number of rotatable bonds is 9. The Balaban J connectivity index is 1.17. The van der Waals surface area contributed by atoms with Crippen LogP contribution in [0.3, 0.4) is 0 Å². The number of hydrogen-bond donors (Lipinski definition) is 2. The number of nitrogens with zero attached hydrogens (tertiary/aromatic N) is 1. The Kier molecular flexibility index (Phi) is 7.58. The van der Waals surface area contributed by atoms with Crippen molar-refractivity contribution in [2.24, 2.45) is 0 Å². The van der Waals surface area contributed by atoms with Gasteiger partial charge < -0.3 is 10.1 Å². The molecule has 2 atom stereocenters. The molecule has 5 nitrogen and oxygen atoms in total. The second-order valence-corrected chi connectivity index (χ2v) is 8.66. The molecule has 160 valence electrons. The number of benzene rings is 2. The number of aromatic nitrogens is 1. The number of pyridine rings is 1. The van der Waals surface area contributed by atoms with Crippen molar-refractivity contribution in [3.63, 3.8) is 0 Å². The zero-order chi connectivity index (χ0) is 21.3. The van der Waals surface area contributed by atoms with E-state index in [4.69, 9.17) is 4.74 Å². The molecule has 0 aliphatic carbocycles. The highest BCUT2D eigenvalue weighted by Crippen LogP contribution is 2.32. The van der Waals surface area contributed by atoms with Gasteiger partial charge in [-0.2, -0.15) is 0 Å². The van der Waals surface area contributed by atoms with Crippen LogP contribution >= 0.6 is 11.8 Å². The van der Waals surface area contributed by atoms with Gasteiger partial charge in [0.15, 0.2) is 0 Å². The van der Waals surface area contributed by atoms with E-state index in [-0.39, 0.29) is 17.3 Å². The Morgan fingerprint density at radius 2 is 1.90 bits per heavy atom. The fourth-order valence-electron chi connectivity index (χ4n) is 3.47. The normalized spacial score (nSPS) is 17.9. The van der Waals surface area contributed by atoms with Crippen LogP contribution in [0.1, 0.15) is 28.5 Å². The van der Waals surface area contributed by atoms with Gasteiger partial charge in [0.2, 0.25) is 5.91 Å². The molecule has 2 aromatic carbocycles. The van der Waals surface area contributed by atoms with Crippen LogP contribution in [0.5, 0.6) is 5.75 Å². The van der Waals surface area contributed by atoms with Gasteiger partial charge in [0.05, 0.1) is 18.0 Å². The van der Waals surface area contributed by atoms with Crippen LogP contribution in [-0.2, 0) is 17.8 Å². The third kappa shape index (κ3) is 6.32. The van der Waals surface area contributed by atoms with Crippen LogP contribution < -0.4 is 15.4 Å².